The summed E-state index contributed by atoms with van der Waals surface area (Å²) in [6.07, 6.45) is 1.12. The molecule has 0 atom stereocenters. The topological polar surface area (TPSA) is 55.4 Å². The molecule has 0 fully saturated rings. The Hall–Kier alpha value is -2.14. The summed E-state index contributed by atoms with van der Waals surface area (Å²) < 4.78 is 5.96. The third kappa shape index (κ3) is 6.16. The van der Waals surface area contributed by atoms with E-state index in [-0.39, 0.29) is 12.5 Å². The quantitative estimate of drug-likeness (QED) is 0.580. The fourth-order valence-corrected chi connectivity index (χ4v) is 2.53. The van der Waals surface area contributed by atoms with Crippen molar-refractivity contribution in [3.8, 4) is 0 Å². The molecule has 4 nitrogen and oxygen atoms in total. The number of hydrogen-bond acceptors (Lipinski definition) is 3. The van der Waals surface area contributed by atoms with Gasteiger partial charge in [0.2, 0.25) is 5.91 Å². The van der Waals surface area contributed by atoms with Crippen LogP contribution in [0.4, 0.5) is 0 Å². The van der Waals surface area contributed by atoms with Gasteiger partial charge in [0.25, 0.3) is 0 Å². The maximum absolute atomic E-state index is 11.8. The van der Waals surface area contributed by atoms with E-state index in [0.717, 1.165) is 10.0 Å². The number of aryl methyl sites for hydroxylation is 2. The number of carbonyl (C=O) groups is 2. The summed E-state index contributed by atoms with van der Waals surface area (Å²) in [6, 6.07) is 15.1. The standard InChI is InChI=1S/C19H20BrNO3/c1-14-5-7-15(8-6-14)9-10-18(22)21-11-12-24-19(23)16-3-2-4-17(20)13-16/h2-8,13H,9-12H2,1H3,(H,21,22). The number of benzene rings is 2. The number of nitrogens with one attached hydrogen (secondary N) is 1. The number of hydrogen-bond donors (Lipinski definition) is 1. The molecule has 0 heterocycles. The monoisotopic (exact) mass is 389 g/mol. The first-order valence-corrected chi connectivity index (χ1v) is 8.59. The zero-order chi connectivity index (χ0) is 17.4. The van der Waals surface area contributed by atoms with Gasteiger partial charge in [-0.05, 0) is 37.1 Å². The molecule has 5 heteroatoms. The minimum atomic E-state index is -0.398. The van der Waals surface area contributed by atoms with Crippen molar-refractivity contribution < 1.29 is 14.3 Å². The fraction of sp³-hybridized carbons (Fsp3) is 0.263. The van der Waals surface area contributed by atoms with Crippen LogP contribution in [0, 0.1) is 6.92 Å². The van der Waals surface area contributed by atoms with E-state index in [4.69, 9.17) is 4.74 Å². The third-order valence-corrected chi connectivity index (χ3v) is 3.97. The van der Waals surface area contributed by atoms with Crippen LogP contribution in [0.3, 0.4) is 0 Å². The molecule has 0 aromatic heterocycles. The zero-order valence-electron chi connectivity index (χ0n) is 13.5. The highest BCUT2D eigenvalue weighted by Crippen LogP contribution is 2.12. The number of esters is 1. The molecule has 0 saturated heterocycles. The average Bonchev–Trinajstić information content (AvgIpc) is 2.58. The molecule has 0 aliphatic rings. The van der Waals surface area contributed by atoms with Crippen LogP contribution < -0.4 is 5.32 Å². The fourth-order valence-electron chi connectivity index (χ4n) is 2.13. The van der Waals surface area contributed by atoms with Gasteiger partial charge in [-0.15, -0.1) is 0 Å². The summed E-state index contributed by atoms with van der Waals surface area (Å²) in [4.78, 5) is 23.6. The van der Waals surface area contributed by atoms with E-state index in [0.29, 0.717) is 24.9 Å². The lowest BCUT2D eigenvalue weighted by molar-refractivity contribution is -0.121. The molecule has 0 aliphatic carbocycles. The Kier molecular flexibility index (Phi) is 7.00. The lowest BCUT2D eigenvalue weighted by Gasteiger charge is -2.07. The van der Waals surface area contributed by atoms with Crippen LogP contribution in [0.1, 0.15) is 27.9 Å². The normalized spacial score (nSPS) is 10.2. The molecule has 2 rings (SSSR count). The highest BCUT2D eigenvalue weighted by Gasteiger charge is 2.07. The van der Waals surface area contributed by atoms with Crippen LogP contribution in [-0.4, -0.2) is 25.0 Å². The van der Waals surface area contributed by atoms with Crippen LogP contribution in [0.5, 0.6) is 0 Å². The second-order valence-corrected chi connectivity index (χ2v) is 6.40. The zero-order valence-corrected chi connectivity index (χ0v) is 15.1. The Morgan fingerprint density at radius 2 is 1.88 bits per heavy atom. The van der Waals surface area contributed by atoms with Gasteiger partial charge in [-0.3, -0.25) is 4.79 Å². The molecule has 0 spiro atoms. The molecule has 24 heavy (non-hydrogen) atoms. The molecule has 0 aliphatic heterocycles. The van der Waals surface area contributed by atoms with Crippen molar-refractivity contribution in [1.29, 1.82) is 0 Å². The second kappa shape index (κ2) is 9.23. The lowest BCUT2D eigenvalue weighted by Crippen LogP contribution is -2.28. The van der Waals surface area contributed by atoms with E-state index in [9.17, 15) is 9.59 Å². The SMILES string of the molecule is Cc1ccc(CCC(=O)NCCOC(=O)c2cccc(Br)c2)cc1. The van der Waals surface area contributed by atoms with Gasteiger partial charge in [-0.25, -0.2) is 4.79 Å². The summed E-state index contributed by atoms with van der Waals surface area (Å²) >= 11 is 3.31. The Morgan fingerprint density at radius 1 is 1.12 bits per heavy atom. The van der Waals surface area contributed by atoms with Crippen LogP contribution >= 0.6 is 15.9 Å². The van der Waals surface area contributed by atoms with Crippen LogP contribution in [-0.2, 0) is 16.0 Å². The van der Waals surface area contributed by atoms with Gasteiger partial charge >= 0.3 is 5.97 Å². The van der Waals surface area contributed by atoms with Crippen molar-refractivity contribution in [1.82, 2.24) is 5.32 Å². The predicted octanol–water partition coefficient (Wildman–Crippen LogP) is 3.66. The molecular formula is C19H20BrNO3. The maximum atomic E-state index is 11.8. The first-order chi connectivity index (χ1) is 11.5. The molecule has 126 valence electrons. The van der Waals surface area contributed by atoms with Crippen molar-refractivity contribution >= 4 is 27.8 Å². The lowest BCUT2D eigenvalue weighted by atomic mass is 10.1. The summed E-state index contributed by atoms with van der Waals surface area (Å²) in [5.41, 5.74) is 2.82. The van der Waals surface area contributed by atoms with Gasteiger partial charge < -0.3 is 10.1 Å². The smallest absolute Gasteiger partial charge is 0.338 e. The number of halogens is 1. The minimum Gasteiger partial charge on any atom is -0.460 e. The van der Waals surface area contributed by atoms with Gasteiger partial charge in [0.1, 0.15) is 6.61 Å². The molecule has 0 saturated carbocycles. The van der Waals surface area contributed by atoms with Crippen LogP contribution in [0.15, 0.2) is 53.0 Å². The summed E-state index contributed by atoms with van der Waals surface area (Å²) in [6.45, 7) is 2.50. The summed E-state index contributed by atoms with van der Waals surface area (Å²) in [7, 11) is 0. The third-order valence-electron chi connectivity index (χ3n) is 3.48. The Morgan fingerprint density at radius 3 is 2.58 bits per heavy atom. The molecule has 2 aromatic carbocycles. The van der Waals surface area contributed by atoms with Crippen molar-refractivity contribution in [3.05, 3.63) is 69.7 Å². The molecule has 0 unspecified atom stereocenters. The molecule has 1 N–H and O–H groups in total. The number of amides is 1. The number of carbonyl (C=O) groups excluding carboxylic acids is 2. The second-order valence-electron chi connectivity index (χ2n) is 5.48. The molecule has 0 radical (unpaired) electrons. The van der Waals surface area contributed by atoms with Crippen molar-refractivity contribution in [3.63, 3.8) is 0 Å². The van der Waals surface area contributed by atoms with Gasteiger partial charge in [-0.1, -0.05) is 51.8 Å². The van der Waals surface area contributed by atoms with E-state index in [1.165, 1.54) is 5.56 Å². The first kappa shape index (κ1) is 18.2. The number of rotatable bonds is 7. The predicted molar refractivity (Wildman–Crippen MR) is 96.9 cm³/mol. The first-order valence-electron chi connectivity index (χ1n) is 7.79. The van der Waals surface area contributed by atoms with Gasteiger partial charge in [0, 0.05) is 10.9 Å². The Balaban J connectivity index is 1.64. The summed E-state index contributed by atoms with van der Waals surface area (Å²) in [5.74, 6) is -0.445. The van der Waals surface area contributed by atoms with E-state index >= 15 is 0 Å². The van der Waals surface area contributed by atoms with E-state index in [1.54, 1.807) is 18.2 Å². The van der Waals surface area contributed by atoms with E-state index in [2.05, 4.69) is 21.2 Å². The van der Waals surface area contributed by atoms with Crippen molar-refractivity contribution in [2.45, 2.75) is 19.8 Å². The summed E-state index contributed by atoms with van der Waals surface area (Å²) in [5, 5.41) is 2.76. The minimum absolute atomic E-state index is 0.0471. The van der Waals surface area contributed by atoms with Crippen LogP contribution in [0.25, 0.3) is 0 Å². The van der Waals surface area contributed by atoms with Gasteiger partial charge in [0.15, 0.2) is 0 Å². The van der Waals surface area contributed by atoms with E-state index < -0.39 is 5.97 Å². The van der Waals surface area contributed by atoms with Crippen molar-refractivity contribution in [2.75, 3.05) is 13.2 Å². The highest BCUT2D eigenvalue weighted by atomic mass is 79.9. The molecule has 2 aromatic rings. The Labute approximate surface area is 150 Å². The van der Waals surface area contributed by atoms with Gasteiger partial charge in [-0.2, -0.15) is 0 Å². The van der Waals surface area contributed by atoms with Crippen molar-refractivity contribution in [2.24, 2.45) is 0 Å². The molecule has 1 amide bonds. The highest BCUT2D eigenvalue weighted by molar-refractivity contribution is 9.10. The molecule has 0 bridgehead atoms. The number of ether oxygens (including phenoxy) is 1. The largest absolute Gasteiger partial charge is 0.460 e. The van der Waals surface area contributed by atoms with Gasteiger partial charge in [0.05, 0.1) is 12.1 Å². The average molecular weight is 390 g/mol. The maximum Gasteiger partial charge on any atom is 0.338 e. The molecular weight excluding hydrogens is 370 g/mol. The van der Waals surface area contributed by atoms with Crippen LogP contribution in [0.2, 0.25) is 0 Å². The Bertz CT molecular complexity index is 698. The van der Waals surface area contributed by atoms with E-state index in [1.807, 2.05) is 37.3 Å².